The van der Waals surface area contributed by atoms with Gasteiger partial charge in [0.2, 0.25) is 5.91 Å². The van der Waals surface area contributed by atoms with Gasteiger partial charge in [0.05, 0.1) is 20.6 Å². The van der Waals surface area contributed by atoms with Crippen molar-refractivity contribution in [2.75, 3.05) is 53.5 Å². The van der Waals surface area contributed by atoms with Crippen molar-refractivity contribution in [2.45, 2.75) is 18.9 Å². The fourth-order valence-corrected chi connectivity index (χ4v) is 3.56. The predicted molar refractivity (Wildman–Crippen MR) is 92.7 cm³/mol. The van der Waals surface area contributed by atoms with Crippen LogP contribution in [0.5, 0.6) is 11.5 Å². The predicted octanol–water partition coefficient (Wildman–Crippen LogP) is 0.752. The first-order valence-corrected chi connectivity index (χ1v) is 8.64. The van der Waals surface area contributed by atoms with Crippen LogP contribution in [0.15, 0.2) is 18.2 Å². The Morgan fingerprint density at radius 1 is 1.17 bits per heavy atom. The Bertz CT molecular complexity index is 565. The van der Waals surface area contributed by atoms with E-state index in [4.69, 9.17) is 9.47 Å². The highest BCUT2D eigenvalue weighted by molar-refractivity contribution is 5.79. The highest BCUT2D eigenvalue weighted by Crippen LogP contribution is 2.28. The summed E-state index contributed by atoms with van der Waals surface area (Å²) in [7, 11) is 3.22. The van der Waals surface area contributed by atoms with Crippen molar-refractivity contribution in [3.05, 3.63) is 23.8 Å². The maximum absolute atomic E-state index is 12.6. The third kappa shape index (κ3) is 3.82. The second-order valence-electron chi connectivity index (χ2n) is 6.43. The van der Waals surface area contributed by atoms with Gasteiger partial charge in [-0.3, -0.25) is 9.69 Å². The van der Waals surface area contributed by atoms with E-state index in [-0.39, 0.29) is 5.91 Å². The van der Waals surface area contributed by atoms with Gasteiger partial charge in [-0.15, -0.1) is 0 Å². The lowest BCUT2D eigenvalue weighted by molar-refractivity contribution is -0.132. The van der Waals surface area contributed by atoms with Crippen LogP contribution in [0.1, 0.15) is 12.0 Å². The van der Waals surface area contributed by atoms with E-state index < -0.39 is 0 Å². The van der Waals surface area contributed by atoms with Gasteiger partial charge in [0.1, 0.15) is 0 Å². The van der Waals surface area contributed by atoms with Crippen LogP contribution in [-0.2, 0) is 11.2 Å². The molecule has 6 heteroatoms. The number of nitrogens with zero attached hydrogens (tertiary/aromatic N) is 2. The summed E-state index contributed by atoms with van der Waals surface area (Å²) >= 11 is 0. The summed E-state index contributed by atoms with van der Waals surface area (Å²) in [5.74, 6) is 1.54. The quantitative estimate of drug-likeness (QED) is 0.862. The maximum atomic E-state index is 12.6. The van der Waals surface area contributed by atoms with Crippen LogP contribution in [-0.4, -0.2) is 75.2 Å². The highest BCUT2D eigenvalue weighted by Gasteiger charge is 2.27. The van der Waals surface area contributed by atoms with Gasteiger partial charge < -0.3 is 19.7 Å². The van der Waals surface area contributed by atoms with Gasteiger partial charge in [-0.1, -0.05) is 6.07 Å². The molecule has 2 fully saturated rings. The fourth-order valence-electron chi connectivity index (χ4n) is 3.56. The largest absolute Gasteiger partial charge is 0.493 e. The van der Waals surface area contributed by atoms with Crippen LogP contribution < -0.4 is 14.8 Å². The van der Waals surface area contributed by atoms with Gasteiger partial charge in [-0.05, 0) is 30.7 Å². The molecule has 1 atom stereocenters. The Hall–Kier alpha value is -1.79. The number of rotatable bonds is 5. The summed E-state index contributed by atoms with van der Waals surface area (Å²) in [5.41, 5.74) is 0.958. The Balaban J connectivity index is 1.54. The molecule has 3 rings (SSSR count). The molecule has 132 valence electrons. The molecule has 2 aliphatic rings. The third-order valence-electron chi connectivity index (χ3n) is 5.02. The lowest BCUT2D eigenvalue weighted by Gasteiger charge is -2.37. The molecule has 2 aliphatic heterocycles. The number of piperazine rings is 1. The van der Waals surface area contributed by atoms with E-state index in [1.54, 1.807) is 14.2 Å². The highest BCUT2D eigenvalue weighted by atomic mass is 16.5. The molecule has 0 aromatic heterocycles. The van der Waals surface area contributed by atoms with Crippen LogP contribution in [0.25, 0.3) is 0 Å². The number of hydrogen-bond acceptors (Lipinski definition) is 5. The van der Waals surface area contributed by atoms with Crippen LogP contribution in [0, 0.1) is 0 Å². The van der Waals surface area contributed by atoms with E-state index in [1.165, 1.54) is 6.42 Å². The van der Waals surface area contributed by atoms with Crippen molar-refractivity contribution in [3.63, 3.8) is 0 Å². The molecule has 1 aromatic carbocycles. The van der Waals surface area contributed by atoms with E-state index in [1.807, 2.05) is 23.1 Å². The summed E-state index contributed by atoms with van der Waals surface area (Å²) < 4.78 is 10.6. The number of ether oxygens (including phenoxy) is 2. The Labute approximate surface area is 143 Å². The molecular weight excluding hydrogens is 306 g/mol. The maximum Gasteiger partial charge on any atom is 0.227 e. The molecule has 1 aromatic rings. The van der Waals surface area contributed by atoms with E-state index in [9.17, 15) is 4.79 Å². The van der Waals surface area contributed by atoms with E-state index in [0.717, 1.165) is 44.8 Å². The van der Waals surface area contributed by atoms with Gasteiger partial charge in [0, 0.05) is 38.8 Å². The monoisotopic (exact) mass is 333 g/mol. The van der Waals surface area contributed by atoms with E-state index >= 15 is 0 Å². The van der Waals surface area contributed by atoms with Gasteiger partial charge in [-0.2, -0.15) is 0 Å². The molecule has 24 heavy (non-hydrogen) atoms. The normalized spacial score (nSPS) is 21.8. The molecule has 0 radical (unpaired) electrons. The van der Waals surface area contributed by atoms with Crippen molar-refractivity contribution in [1.82, 2.24) is 15.1 Å². The molecule has 1 unspecified atom stereocenters. The topological polar surface area (TPSA) is 54.0 Å². The number of methoxy groups -OCH3 is 2. The molecule has 2 heterocycles. The van der Waals surface area contributed by atoms with Crippen molar-refractivity contribution in [3.8, 4) is 11.5 Å². The van der Waals surface area contributed by atoms with Crippen LogP contribution >= 0.6 is 0 Å². The number of hydrogen-bond donors (Lipinski definition) is 1. The summed E-state index contributed by atoms with van der Waals surface area (Å²) in [6.45, 7) is 5.79. The molecular formula is C18H27N3O3. The zero-order valence-corrected chi connectivity index (χ0v) is 14.6. The Kier molecular flexibility index (Phi) is 5.58. The van der Waals surface area contributed by atoms with Crippen LogP contribution in [0.4, 0.5) is 0 Å². The van der Waals surface area contributed by atoms with Gasteiger partial charge >= 0.3 is 0 Å². The average Bonchev–Trinajstić information content (AvgIpc) is 3.16. The second-order valence-corrected chi connectivity index (χ2v) is 6.43. The summed E-state index contributed by atoms with van der Waals surface area (Å²) in [6, 6.07) is 6.32. The van der Waals surface area contributed by atoms with E-state index in [0.29, 0.717) is 24.0 Å². The number of nitrogens with one attached hydrogen (secondary N) is 1. The zero-order valence-electron chi connectivity index (χ0n) is 14.6. The molecule has 6 nitrogen and oxygen atoms in total. The first-order valence-electron chi connectivity index (χ1n) is 8.64. The molecule has 1 amide bonds. The zero-order chi connectivity index (χ0) is 16.9. The Morgan fingerprint density at radius 2 is 1.92 bits per heavy atom. The van der Waals surface area contributed by atoms with Gasteiger partial charge in [0.15, 0.2) is 11.5 Å². The van der Waals surface area contributed by atoms with Crippen LogP contribution in [0.2, 0.25) is 0 Å². The molecule has 2 saturated heterocycles. The number of benzene rings is 1. The lowest BCUT2D eigenvalue weighted by Crippen LogP contribution is -2.52. The first-order chi connectivity index (χ1) is 11.7. The first kappa shape index (κ1) is 17.0. The minimum atomic E-state index is 0.186. The van der Waals surface area contributed by atoms with Gasteiger partial charge in [-0.25, -0.2) is 0 Å². The molecule has 0 saturated carbocycles. The summed E-state index contributed by atoms with van der Waals surface area (Å²) in [4.78, 5) is 17.1. The van der Waals surface area contributed by atoms with Crippen molar-refractivity contribution in [2.24, 2.45) is 0 Å². The third-order valence-corrected chi connectivity index (χ3v) is 5.02. The van der Waals surface area contributed by atoms with Crippen LogP contribution in [0.3, 0.4) is 0 Å². The van der Waals surface area contributed by atoms with E-state index in [2.05, 4.69) is 10.2 Å². The smallest absolute Gasteiger partial charge is 0.227 e. The number of amides is 1. The van der Waals surface area contributed by atoms with Crippen molar-refractivity contribution in [1.29, 1.82) is 0 Å². The fraction of sp³-hybridized carbons (Fsp3) is 0.611. The summed E-state index contributed by atoms with van der Waals surface area (Å²) in [5, 5.41) is 3.41. The second kappa shape index (κ2) is 7.85. The van der Waals surface area contributed by atoms with Crippen molar-refractivity contribution < 1.29 is 14.3 Å². The van der Waals surface area contributed by atoms with Crippen molar-refractivity contribution >= 4 is 5.91 Å². The number of carbonyl (C=O) groups excluding carboxylic acids is 1. The lowest BCUT2D eigenvalue weighted by atomic mass is 10.1. The SMILES string of the molecule is COc1ccc(CC(=O)N2CCN(C3CCNC3)CC2)cc1OC. The standard InChI is InChI=1S/C18H27N3O3/c1-23-16-4-3-14(11-17(16)24-2)12-18(22)21-9-7-20(8-10-21)15-5-6-19-13-15/h3-4,11,15,19H,5-10,12-13H2,1-2H3. The minimum absolute atomic E-state index is 0.186. The minimum Gasteiger partial charge on any atom is -0.493 e. The Morgan fingerprint density at radius 3 is 2.54 bits per heavy atom. The molecule has 1 N–H and O–H groups in total. The number of carbonyl (C=O) groups is 1. The average molecular weight is 333 g/mol. The molecule has 0 aliphatic carbocycles. The molecule has 0 bridgehead atoms. The molecule has 0 spiro atoms. The van der Waals surface area contributed by atoms with Gasteiger partial charge in [0.25, 0.3) is 0 Å². The summed E-state index contributed by atoms with van der Waals surface area (Å²) in [6.07, 6.45) is 1.63.